The molecule has 29 heavy (non-hydrogen) atoms. The lowest BCUT2D eigenvalue weighted by Gasteiger charge is -2.36. The highest BCUT2D eigenvalue weighted by atomic mass is 19.1. The summed E-state index contributed by atoms with van der Waals surface area (Å²) in [5, 5.41) is 5.25. The summed E-state index contributed by atoms with van der Waals surface area (Å²) in [7, 11) is 0. The van der Waals surface area contributed by atoms with Gasteiger partial charge in [0.2, 0.25) is 0 Å². The molecule has 1 aliphatic rings. The number of carbonyl (C=O) groups excluding carboxylic acids is 1. The number of carbonyl (C=O) groups is 1. The first kappa shape index (κ1) is 18.7. The molecule has 0 bridgehead atoms. The summed E-state index contributed by atoms with van der Waals surface area (Å²) in [4.78, 5) is 25.1. The standard InChI is InChI=1S/C21H21FN6O/c22-16-5-4-6-17(13-16)25-21(29)26-19-14-20(24-15-23-19)28-11-9-27(10-12-28)18-7-2-1-3-8-18/h1-8,13-15H,9-12H2,(H2,23,24,25,26,29). The normalized spacial score (nSPS) is 13.8. The number of piperazine rings is 1. The zero-order chi connectivity index (χ0) is 20.1. The molecule has 0 unspecified atom stereocenters. The number of halogens is 1. The van der Waals surface area contributed by atoms with Crippen LogP contribution < -0.4 is 20.4 Å². The lowest BCUT2D eigenvalue weighted by atomic mass is 10.2. The number of amides is 2. The topological polar surface area (TPSA) is 73.4 Å². The number of anilines is 4. The van der Waals surface area contributed by atoms with Gasteiger partial charge in [-0.3, -0.25) is 5.32 Å². The van der Waals surface area contributed by atoms with E-state index in [0.717, 1.165) is 32.0 Å². The van der Waals surface area contributed by atoms with Crippen molar-refractivity contribution in [3.63, 3.8) is 0 Å². The van der Waals surface area contributed by atoms with Crippen molar-refractivity contribution in [2.75, 3.05) is 46.6 Å². The van der Waals surface area contributed by atoms with Crippen molar-refractivity contribution < 1.29 is 9.18 Å². The van der Waals surface area contributed by atoms with E-state index in [-0.39, 0.29) is 0 Å². The molecule has 2 N–H and O–H groups in total. The molecule has 0 saturated carbocycles. The van der Waals surface area contributed by atoms with Gasteiger partial charge in [0.15, 0.2) is 0 Å². The van der Waals surface area contributed by atoms with Gasteiger partial charge in [-0.05, 0) is 30.3 Å². The molecule has 148 valence electrons. The lowest BCUT2D eigenvalue weighted by Crippen LogP contribution is -2.46. The van der Waals surface area contributed by atoms with E-state index in [0.29, 0.717) is 11.5 Å². The van der Waals surface area contributed by atoms with Gasteiger partial charge in [0.25, 0.3) is 0 Å². The predicted octanol–water partition coefficient (Wildman–Crippen LogP) is 3.59. The molecule has 1 saturated heterocycles. The van der Waals surface area contributed by atoms with Gasteiger partial charge in [-0.15, -0.1) is 0 Å². The Morgan fingerprint density at radius 3 is 2.38 bits per heavy atom. The van der Waals surface area contributed by atoms with Crippen molar-refractivity contribution in [3.05, 3.63) is 72.8 Å². The van der Waals surface area contributed by atoms with Crippen LogP contribution in [0.4, 0.5) is 32.2 Å². The van der Waals surface area contributed by atoms with Crippen molar-refractivity contribution in [1.82, 2.24) is 9.97 Å². The molecule has 8 heteroatoms. The zero-order valence-corrected chi connectivity index (χ0v) is 15.8. The monoisotopic (exact) mass is 392 g/mol. The highest BCUT2D eigenvalue weighted by Gasteiger charge is 2.19. The second-order valence-electron chi connectivity index (χ2n) is 6.66. The molecule has 2 heterocycles. The molecule has 1 fully saturated rings. The number of rotatable bonds is 4. The highest BCUT2D eigenvalue weighted by Crippen LogP contribution is 2.20. The Labute approximate surface area is 168 Å². The number of hydrogen-bond acceptors (Lipinski definition) is 5. The fourth-order valence-corrected chi connectivity index (χ4v) is 3.27. The van der Waals surface area contributed by atoms with Crippen LogP contribution >= 0.6 is 0 Å². The average molecular weight is 392 g/mol. The van der Waals surface area contributed by atoms with Crippen LogP contribution in [0.2, 0.25) is 0 Å². The molecule has 0 aliphatic carbocycles. The van der Waals surface area contributed by atoms with Crippen molar-refractivity contribution in [2.24, 2.45) is 0 Å². The minimum atomic E-state index is -0.492. The number of nitrogens with zero attached hydrogens (tertiary/aromatic N) is 4. The smallest absolute Gasteiger partial charge is 0.324 e. The van der Waals surface area contributed by atoms with Gasteiger partial charge in [-0.1, -0.05) is 24.3 Å². The van der Waals surface area contributed by atoms with Crippen molar-refractivity contribution in [3.8, 4) is 0 Å². The van der Waals surface area contributed by atoms with Crippen LogP contribution in [0.5, 0.6) is 0 Å². The van der Waals surface area contributed by atoms with E-state index in [1.165, 1.54) is 30.2 Å². The largest absolute Gasteiger partial charge is 0.368 e. The van der Waals surface area contributed by atoms with E-state index >= 15 is 0 Å². The highest BCUT2D eigenvalue weighted by molar-refractivity contribution is 5.99. The van der Waals surface area contributed by atoms with Gasteiger partial charge < -0.3 is 15.1 Å². The van der Waals surface area contributed by atoms with E-state index in [1.54, 1.807) is 12.1 Å². The minimum Gasteiger partial charge on any atom is -0.368 e. The Kier molecular flexibility index (Phi) is 5.51. The Morgan fingerprint density at radius 1 is 0.862 bits per heavy atom. The third-order valence-corrected chi connectivity index (χ3v) is 4.70. The summed E-state index contributed by atoms with van der Waals surface area (Å²) in [6.45, 7) is 3.41. The number of benzene rings is 2. The number of para-hydroxylation sites is 1. The molecule has 0 spiro atoms. The van der Waals surface area contributed by atoms with E-state index < -0.39 is 11.8 Å². The van der Waals surface area contributed by atoms with E-state index in [4.69, 9.17) is 0 Å². The van der Waals surface area contributed by atoms with Crippen LogP contribution in [0.25, 0.3) is 0 Å². The van der Waals surface area contributed by atoms with Gasteiger partial charge in [0.05, 0.1) is 0 Å². The van der Waals surface area contributed by atoms with Gasteiger partial charge in [0, 0.05) is 43.6 Å². The third kappa shape index (κ3) is 4.78. The maximum atomic E-state index is 13.2. The predicted molar refractivity (Wildman–Crippen MR) is 112 cm³/mol. The molecule has 3 aromatic rings. The second-order valence-corrected chi connectivity index (χ2v) is 6.66. The van der Waals surface area contributed by atoms with Gasteiger partial charge in [-0.2, -0.15) is 0 Å². The quantitative estimate of drug-likeness (QED) is 0.710. The summed E-state index contributed by atoms with van der Waals surface area (Å²) >= 11 is 0. The summed E-state index contributed by atoms with van der Waals surface area (Å²) in [5.41, 5.74) is 1.58. The van der Waals surface area contributed by atoms with Crippen LogP contribution in [-0.2, 0) is 0 Å². The number of urea groups is 1. The lowest BCUT2D eigenvalue weighted by molar-refractivity contribution is 0.262. The molecule has 2 aromatic carbocycles. The van der Waals surface area contributed by atoms with Crippen LogP contribution in [0.3, 0.4) is 0 Å². The number of aromatic nitrogens is 2. The first-order valence-electron chi connectivity index (χ1n) is 9.38. The Balaban J connectivity index is 1.36. The SMILES string of the molecule is O=C(Nc1cccc(F)c1)Nc1cc(N2CCN(c3ccccc3)CC2)ncn1. The minimum absolute atomic E-state index is 0.369. The molecule has 0 atom stereocenters. The maximum absolute atomic E-state index is 13.2. The molecular formula is C21H21FN6O. The van der Waals surface area contributed by atoms with E-state index in [2.05, 4.69) is 42.5 Å². The van der Waals surface area contributed by atoms with Crippen molar-refractivity contribution in [1.29, 1.82) is 0 Å². The fraction of sp³-hybridized carbons (Fsp3) is 0.190. The number of nitrogens with one attached hydrogen (secondary N) is 2. The van der Waals surface area contributed by atoms with Crippen LogP contribution in [0.15, 0.2) is 67.0 Å². The first-order valence-corrected chi connectivity index (χ1v) is 9.38. The summed E-state index contributed by atoms with van der Waals surface area (Å²) in [5.74, 6) is 0.727. The van der Waals surface area contributed by atoms with Gasteiger partial charge in [-0.25, -0.2) is 19.2 Å². The fourth-order valence-electron chi connectivity index (χ4n) is 3.27. The van der Waals surface area contributed by atoms with Crippen LogP contribution in [0, 0.1) is 5.82 Å². The average Bonchev–Trinajstić information content (AvgIpc) is 2.75. The zero-order valence-electron chi connectivity index (χ0n) is 15.8. The molecule has 1 aromatic heterocycles. The van der Waals surface area contributed by atoms with Crippen molar-refractivity contribution >= 4 is 29.0 Å². The Morgan fingerprint density at radius 2 is 1.62 bits per heavy atom. The van der Waals surface area contributed by atoms with Crippen molar-refractivity contribution in [2.45, 2.75) is 0 Å². The van der Waals surface area contributed by atoms with Gasteiger partial charge >= 0.3 is 6.03 Å². The summed E-state index contributed by atoms with van der Waals surface area (Å²) in [6.07, 6.45) is 1.43. The molecule has 0 radical (unpaired) electrons. The second kappa shape index (κ2) is 8.55. The number of hydrogen-bond donors (Lipinski definition) is 2. The van der Waals surface area contributed by atoms with E-state index in [9.17, 15) is 9.18 Å². The summed E-state index contributed by atoms with van der Waals surface area (Å²) < 4.78 is 13.2. The van der Waals surface area contributed by atoms with E-state index in [1.807, 2.05) is 18.2 Å². The third-order valence-electron chi connectivity index (χ3n) is 4.70. The van der Waals surface area contributed by atoms with Crippen LogP contribution in [0.1, 0.15) is 0 Å². The molecular weight excluding hydrogens is 371 g/mol. The van der Waals surface area contributed by atoms with Gasteiger partial charge in [0.1, 0.15) is 23.8 Å². The molecule has 1 aliphatic heterocycles. The first-order chi connectivity index (χ1) is 14.2. The Bertz CT molecular complexity index is 976. The molecule has 4 rings (SSSR count). The molecule has 7 nitrogen and oxygen atoms in total. The molecule has 2 amide bonds. The summed E-state index contributed by atoms with van der Waals surface area (Å²) in [6, 6.07) is 17.3. The van der Waals surface area contributed by atoms with Crippen LogP contribution in [-0.4, -0.2) is 42.2 Å². The Hall–Kier alpha value is -3.68. The maximum Gasteiger partial charge on any atom is 0.324 e.